The quantitative estimate of drug-likeness (QED) is 0.487. The van der Waals surface area contributed by atoms with Crippen molar-refractivity contribution in [3.05, 3.63) is 63.4 Å². The molecule has 0 radical (unpaired) electrons. The summed E-state index contributed by atoms with van der Waals surface area (Å²) < 4.78 is 13.6. The molecule has 1 amide bonds. The summed E-state index contributed by atoms with van der Waals surface area (Å²) in [6, 6.07) is 9.92. The van der Waals surface area contributed by atoms with Crippen molar-refractivity contribution in [3.63, 3.8) is 0 Å². The van der Waals surface area contributed by atoms with Crippen LogP contribution in [0.1, 0.15) is 6.92 Å². The van der Waals surface area contributed by atoms with Crippen molar-refractivity contribution in [2.75, 3.05) is 5.32 Å². The highest BCUT2D eigenvalue weighted by Crippen LogP contribution is 2.29. The van der Waals surface area contributed by atoms with Gasteiger partial charge in [0.2, 0.25) is 5.91 Å². The molecule has 0 aromatic heterocycles. The third-order valence-corrected chi connectivity index (χ3v) is 4.40. The second-order valence-corrected chi connectivity index (χ2v) is 6.39. The topological polar surface area (TPSA) is 72.2 Å². The normalized spacial score (nSPS) is 11.8. The molecule has 2 aromatic carbocycles. The van der Waals surface area contributed by atoms with Crippen LogP contribution in [0.25, 0.3) is 0 Å². The van der Waals surface area contributed by atoms with Crippen LogP contribution in [0.3, 0.4) is 0 Å². The summed E-state index contributed by atoms with van der Waals surface area (Å²) in [5.41, 5.74) is 0.102. The van der Waals surface area contributed by atoms with Gasteiger partial charge in [0.25, 0.3) is 5.69 Å². The van der Waals surface area contributed by atoms with E-state index in [2.05, 4.69) is 5.32 Å². The first-order valence-corrected chi connectivity index (χ1v) is 7.80. The van der Waals surface area contributed by atoms with Gasteiger partial charge in [-0.2, -0.15) is 0 Å². The van der Waals surface area contributed by atoms with Crippen LogP contribution in [0.5, 0.6) is 0 Å². The summed E-state index contributed by atoms with van der Waals surface area (Å²) in [5, 5.41) is 12.7. The Morgan fingerprint density at radius 3 is 2.65 bits per heavy atom. The highest BCUT2D eigenvalue weighted by molar-refractivity contribution is 8.00. The van der Waals surface area contributed by atoms with Crippen molar-refractivity contribution in [2.24, 2.45) is 0 Å². The zero-order chi connectivity index (χ0) is 17.0. The Balaban J connectivity index is 2.07. The lowest BCUT2D eigenvalue weighted by molar-refractivity contribution is -0.384. The molecule has 120 valence electrons. The molecule has 5 nitrogen and oxygen atoms in total. The van der Waals surface area contributed by atoms with Gasteiger partial charge in [0, 0.05) is 17.0 Å². The van der Waals surface area contributed by atoms with Crippen molar-refractivity contribution in [3.8, 4) is 0 Å². The highest BCUT2D eigenvalue weighted by atomic mass is 35.5. The number of nitrogens with zero attached hydrogens (tertiary/aromatic N) is 1. The number of non-ortho nitro benzene ring substituents is 1. The summed E-state index contributed by atoms with van der Waals surface area (Å²) in [4.78, 5) is 22.6. The molecule has 0 heterocycles. The molecule has 0 saturated carbocycles. The number of halogens is 2. The van der Waals surface area contributed by atoms with E-state index in [-0.39, 0.29) is 22.3 Å². The minimum absolute atomic E-state index is 0.0654. The first-order chi connectivity index (χ1) is 10.9. The zero-order valence-electron chi connectivity index (χ0n) is 12.0. The van der Waals surface area contributed by atoms with E-state index in [1.54, 1.807) is 25.1 Å². The summed E-state index contributed by atoms with van der Waals surface area (Å²) in [5.74, 6) is -0.778. The van der Waals surface area contributed by atoms with Crippen LogP contribution >= 0.6 is 23.4 Å². The molecule has 0 aliphatic rings. The SMILES string of the molecule is CC(Sc1ccccc1F)C(=O)Nc1ccc([N+](=O)[O-])cc1Cl. The number of thioether (sulfide) groups is 1. The molecular formula is C15H12ClFN2O3S. The number of hydrogen-bond donors (Lipinski definition) is 1. The number of amides is 1. The third kappa shape index (κ3) is 4.43. The van der Waals surface area contributed by atoms with Gasteiger partial charge in [0.15, 0.2) is 0 Å². The standard InChI is InChI=1S/C15H12ClFN2O3S/c1-9(23-14-5-3-2-4-12(14)17)15(20)18-13-7-6-10(19(21)22)8-11(13)16/h2-9H,1H3,(H,18,20). The maximum Gasteiger partial charge on any atom is 0.271 e. The first-order valence-electron chi connectivity index (χ1n) is 6.54. The molecule has 1 atom stereocenters. The van der Waals surface area contributed by atoms with Crippen LogP contribution in [-0.4, -0.2) is 16.1 Å². The summed E-state index contributed by atoms with van der Waals surface area (Å²) in [6.45, 7) is 1.63. The average molecular weight is 355 g/mol. The fourth-order valence-electron chi connectivity index (χ4n) is 1.74. The summed E-state index contributed by atoms with van der Waals surface area (Å²) in [6.07, 6.45) is 0. The van der Waals surface area contributed by atoms with Gasteiger partial charge in [-0.05, 0) is 25.1 Å². The number of nitro groups is 1. The zero-order valence-corrected chi connectivity index (χ0v) is 13.5. The number of anilines is 1. The fraction of sp³-hybridized carbons (Fsp3) is 0.133. The number of hydrogen-bond acceptors (Lipinski definition) is 4. The number of carbonyl (C=O) groups is 1. The predicted molar refractivity (Wildman–Crippen MR) is 88.5 cm³/mol. The van der Waals surface area contributed by atoms with Crippen molar-refractivity contribution in [2.45, 2.75) is 17.1 Å². The lowest BCUT2D eigenvalue weighted by Gasteiger charge is -2.13. The predicted octanol–water partition coefficient (Wildman–Crippen LogP) is 4.51. The van der Waals surface area contributed by atoms with Crippen molar-refractivity contribution < 1.29 is 14.1 Å². The van der Waals surface area contributed by atoms with Gasteiger partial charge in [-0.25, -0.2) is 4.39 Å². The fourth-order valence-corrected chi connectivity index (χ4v) is 2.84. The Morgan fingerprint density at radius 1 is 1.35 bits per heavy atom. The van der Waals surface area contributed by atoms with Crippen molar-refractivity contribution in [1.82, 2.24) is 0 Å². The molecule has 8 heteroatoms. The lowest BCUT2D eigenvalue weighted by atomic mass is 10.2. The van der Waals surface area contributed by atoms with Crippen molar-refractivity contribution in [1.29, 1.82) is 0 Å². The Morgan fingerprint density at radius 2 is 2.04 bits per heavy atom. The molecule has 0 spiro atoms. The smallest absolute Gasteiger partial charge is 0.271 e. The van der Waals surface area contributed by atoms with E-state index in [1.807, 2.05) is 0 Å². The second kappa shape index (κ2) is 7.43. The van der Waals surface area contributed by atoms with E-state index >= 15 is 0 Å². The van der Waals surface area contributed by atoms with Crippen LogP contribution in [0.4, 0.5) is 15.8 Å². The average Bonchev–Trinajstić information content (AvgIpc) is 2.51. The minimum Gasteiger partial charge on any atom is -0.324 e. The third-order valence-electron chi connectivity index (χ3n) is 2.93. The van der Waals surface area contributed by atoms with Gasteiger partial charge in [-0.3, -0.25) is 14.9 Å². The molecule has 0 aliphatic heterocycles. The van der Waals surface area contributed by atoms with Gasteiger partial charge in [-0.15, -0.1) is 11.8 Å². The maximum atomic E-state index is 13.6. The van der Waals surface area contributed by atoms with Crippen LogP contribution in [0.2, 0.25) is 5.02 Å². The molecule has 1 N–H and O–H groups in total. The monoisotopic (exact) mass is 354 g/mol. The Hall–Kier alpha value is -2.12. The maximum absolute atomic E-state index is 13.6. The molecule has 23 heavy (non-hydrogen) atoms. The van der Waals surface area contributed by atoms with E-state index in [4.69, 9.17) is 11.6 Å². The van der Waals surface area contributed by atoms with E-state index in [1.165, 1.54) is 18.2 Å². The van der Waals surface area contributed by atoms with Crippen LogP contribution in [-0.2, 0) is 4.79 Å². The Labute approximate surface area is 141 Å². The van der Waals surface area contributed by atoms with Gasteiger partial charge in [0.1, 0.15) is 5.82 Å². The number of nitro benzene ring substituents is 1. The molecule has 2 rings (SSSR count). The molecular weight excluding hydrogens is 343 g/mol. The second-order valence-electron chi connectivity index (χ2n) is 4.60. The molecule has 0 fully saturated rings. The highest BCUT2D eigenvalue weighted by Gasteiger charge is 2.18. The van der Waals surface area contributed by atoms with E-state index in [0.717, 1.165) is 17.8 Å². The minimum atomic E-state index is -0.575. The number of rotatable bonds is 5. The van der Waals surface area contributed by atoms with Gasteiger partial charge >= 0.3 is 0 Å². The van der Waals surface area contributed by atoms with Crippen LogP contribution in [0, 0.1) is 15.9 Å². The Bertz CT molecular complexity index is 757. The van der Waals surface area contributed by atoms with Crippen molar-refractivity contribution >= 4 is 40.6 Å². The van der Waals surface area contributed by atoms with E-state index in [9.17, 15) is 19.3 Å². The first kappa shape index (κ1) is 17.2. The molecule has 0 aliphatic carbocycles. The summed E-state index contributed by atoms with van der Waals surface area (Å²) >= 11 is 6.99. The van der Waals surface area contributed by atoms with Gasteiger partial charge in [0.05, 0.1) is 20.9 Å². The van der Waals surface area contributed by atoms with E-state index in [0.29, 0.717) is 4.90 Å². The molecule has 2 aromatic rings. The van der Waals surface area contributed by atoms with Crippen LogP contribution in [0.15, 0.2) is 47.4 Å². The molecule has 0 saturated heterocycles. The summed E-state index contributed by atoms with van der Waals surface area (Å²) in [7, 11) is 0. The Kier molecular flexibility index (Phi) is 5.57. The lowest BCUT2D eigenvalue weighted by Crippen LogP contribution is -2.22. The number of nitrogens with one attached hydrogen (secondary N) is 1. The van der Waals surface area contributed by atoms with Gasteiger partial charge in [-0.1, -0.05) is 23.7 Å². The van der Waals surface area contributed by atoms with E-state index < -0.39 is 16.0 Å². The largest absolute Gasteiger partial charge is 0.324 e. The molecule has 1 unspecified atom stereocenters. The van der Waals surface area contributed by atoms with Gasteiger partial charge < -0.3 is 5.32 Å². The number of benzene rings is 2. The number of carbonyl (C=O) groups excluding carboxylic acids is 1. The molecule has 0 bridgehead atoms. The van der Waals surface area contributed by atoms with Crippen LogP contribution < -0.4 is 5.32 Å².